The summed E-state index contributed by atoms with van der Waals surface area (Å²) in [4.78, 5) is 77.3. The van der Waals surface area contributed by atoms with Crippen LogP contribution in [-0.2, 0) is 22.3 Å². The van der Waals surface area contributed by atoms with Crippen LogP contribution >= 0.6 is 11.6 Å². The van der Waals surface area contributed by atoms with Crippen LogP contribution in [0.1, 0.15) is 152 Å². The maximum Gasteiger partial charge on any atom is 0.410 e. The average molecular weight is 1160 g/mol. The molecule has 3 N–H and O–H groups in total. The monoisotopic (exact) mass is 1150 g/mol. The lowest BCUT2D eigenvalue weighted by Gasteiger charge is -2.38. The zero-order chi connectivity index (χ0) is 60.9. The van der Waals surface area contributed by atoms with E-state index in [0.29, 0.717) is 41.9 Å². The Labute approximate surface area is 495 Å². The van der Waals surface area contributed by atoms with Gasteiger partial charge in [0.25, 0.3) is 11.8 Å². The van der Waals surface area contributed by atoms with Gasteiger partial charge in [-0.05, 0) is 179 Å². The van der Waals surface area contributed by atoms with E-state index < -0.39 is 34.5 Å². The molecule has 444 valence electrons. The van der Waals surface area contributed by atoms with Crippen molar-refractivity contribution in [3.05, 3.63) is 160 Å². The van der Waals surface area contributed by atoms with Crippen molar-refractivity contribution < 1.29 is 38.1 Å². The molecule has 0 radical (unpaired) electrons. The van der Waals surface area contributed by atoms with Crippen LogP contribution in [-0.4, -0.2) is 115 Å². The largest absolute Gasteiger partial charge is 0.493 e. The number of carbonyl (C=O) groups is 4. The number of nitrogens with zero attached hydrogens (tertiary/aromatic N) is 8. The van der Waals surface area contributed by atoms with Gasteiger partial charge in [0, 0.05) is 79.7 Å². The molecule has 83 heavy (non-hydrogen) atoms. The number of nitrogens with two attached hydrogens (primary N) is 1. The number of nitrogens with one attached hydrogen (secondary N) is 1. The Bertz CT molecular complexity index is 3140. The lowest BCUT2D eigenvalue weighted by molar-refractivity contribution is 0.00584. The third-order valence-electron chi connectivity index (χ3n) is 13.1. The predicted molar refractivity (Wildman–Crippen MR) is 327 cm³/mol. The molecule has 2 aliphatic heterocycles. The van der Waals surface area contributed by atoms with Gasteiger partial charge in [0.2, 0.25) is 11.2 Å². The zero-order valence-corrected chi connectivity index (χ0v) is 51.4. The number of aromatic nitrogens is 4. The number of benzene rings is 4. The molecule has 0 unspecified atom stereocenters. The molecule has 0 aliphatic carbocycles. The van der Waals surface area contributed by atoms with E-state index in [4.69, 9.17) is 41.3 Å². The maximum atomic E-state index is 14.0. The summed E-state index contributed by atoms with van der Waals surface area (Å²) in [7, 11) is 0. The molecule has 19 heteroatoms. The lowest BCUT2D eigenvalue weighted by Crippen LogP contribution is -2.51. The van der Waals surface area contributed by atoms with Gasteiger partial charge in [-0.25, -0.2) is 24.5 Å². The van der Waals surface area contributed by atoms with Gasteiger partial charge < -0.3 is 39.8 Å². The Morgan fingerprint density at radius 1 is 0.578 bits per heavy atom. The molecule has 18 nitrogen and oxygen atoms in total. The SMILES string of the molecule is CC(C)(C)OC(=O)N(CCN(C(=O)c1ccc2c(c1)CCO2)c1ccnc(Cl)n1)C(C)(C)C.C[C@H](N)c1ccccc1.C[C@H](Nc1nccc(N(CCN(C(=O)OC(C)(C)C)C(C)(C)C)C(=O)c2ccc3c(c2)CCO3)n1)c1ccccc1. The van der Waals surface area contributed by atoms with Crippen molar-refractivity contribution in [2.45, 2.75) is 144 Å². The number of fused-ring (bicyclic) bond motifs is 2. The van der Waals surface area contributed by atoms with Crippen LogP contribution in [0.5, 0.6) is 11.5 Å². The third kappa shape index (κ3) is 19.1. The first-order chi connectivity index (χ1) is 39.0. The zero-order valence-electron chi connectivity index (χ0n) is 50.7. The van der Waals surface area contributed by atoms with E-state index in [2.05, 4.69) is 20.3 Å². The topological polar surface area (TPSA) is 208 Å². The fourth-order valence-electron chi connectivity index (χ4n) is 8.85. The molecule has 4 amide bonds. The first-order valence-corrected chi connectivity index (χ1v) is 28.4. The van der Waals surface area contributed by atoms with E-state index in [1.54, 1.807) is 45.2 Å². The molecule has 0 bridgehead atoms. The minimum absolute atomic E-state index is 0.0347. The van der Waals surface area contributed by atoms with E-state index >= 15 is 0 Å². The number of rotatable bonds is 14. The fraction of sp³-hybridized carbons (Fsp3) is 0.438. The van der Waals surface area contributed by atoms with Gasteiger partial charge in [-0.15, -0.1) is 0 Å². The highest BCUT2D eigenvalue weighted by molar-refractivity contribution is 6.28. The molecule has 0 saturated heterocycles. The van der Waals surface area contributed by atoms with Crippen molar-refractivity contribution in [2.75, 3.05) is 54.5 Å². The number of carbonyl (C=O) groups excluding carboxylic acids is 4. The predicted octanol–water partition coefficient (Wildman–Crippen LogP) is 12.7. The molecular weight excluding hydrogens is 1070 g/mol. The number of amides is 4. The summed E-state index contributed by atoms with van der Waals surface area (Å²) in [5.74, 6) is 2.32. The molecule has 0 fully saturated rings. The maximum absolute atomic E-state index is 14.0. The smallest absolute Gasteiger partial charge is 0.410 e. The number of halogens is 1. The van der Waals surface area contributed by atoms with Gasteiger partial charge in [-0.3, -0.25) is 19.4 Å². The van der Waals surface area contributed by atoms with Crippen molar-refractivity contribution >= 4 is 53.2 Å². The molecule has 2 aliphatic rings. The highest BCUT2D eigenvalue weighted by atomic mass is 35.5. The summed E-state index contributed by atoms with van der Waals surface area (Å²) in [6.07, 6.45) is 3.76. The first kappa shape index (κ1) is 64.3. The van der Waals surface area contributed by atoms with Crippen LogP contribution in [0.4, 0.5) is 27.2 Å². The van der Waals surface area contributed by atoms with E-state index in [9.17, 15) is 19.2 Å². The van der Waals surface area contributed by atoms with Crippen LogP contribution in [0.25, 0.3) is 0 Å². The summed E-state index contributed by atoms with van der Waals surface area (Å²) in [6.45, 7) is 28.7. The molecule has 6 aromatic rings. The number of anilines is 3. The Hall–Kier alpha value is -7.83. The molecule has 8 rings (SSSR count). The van der Waals surface area contributed by atoms with Crippen LogP contribution in [0.3, 0.4) is 0 Å². The molecule has 4 heterocycles. The molecule has 2 atom stereocenters. The molecule has 0 saturated carbocycles. The summed E-state index contributed by atoms with van der Waals surface area (Å²) in [6, 6.07) is 34.4. The van der Waals surface area contributed by atoms with Crippen molar-refractivity contribution in [3.8, 4) is 11.5 Å². The standard InChI is InChI=1S/C32H41N5O4.C24H31ClN4O4.C8H11N/c1-22(23-11-9-8-10-12-23)34-29-33-17-15-27(35-29)36(28(38)25-13-14-26-24(21-25)16-20-40-26)18-19-37(31(2,3)4)30(39)41-32(5,6)7;1-23(2,3)29(22(31)33-24(4,5)6)13-12-28(19-9-11-26-21(25)27-19)20(30)17-7-8-18-16(15-17)10-14-32-18;1-7(9)8-5-3-2-4-6-8/h8-15,17,21-22H,16,18-20H2,1-7H3,(H,33,34,35);7-9,11,15H,10,12-14H2,1-6H3;2-7H,9H2,1H3/t22-;;7-/m0.0/s1. The lowest BCUT2D eigenvalue weighted by atomic mass is 10.1. The third-order valence-corrected chi connectivity index (χ3v) is 13.3. The van der Waals surface area contributed by atoms with Crippen LogP contribution in [0.2, 0.25) is 5.28 Å². The number of hydrogen-bond acceptors (Lipinski definition) is 14. The Morgan fingerprint density at radius 3 is 1.40 bits per heavy atom. The van der Waals surface area contributed by atoms with Gasteiger partial charge in [0.05, 0.1) is 19.3 Å². The molecule has 4 aromatic carbocycles. The number of ether oxygens (including phenoxy) is 4. The summed E-state index contributed by atoms with van der Waals surface area (Å²) >= 11 is 6.01. The Kier molecular flexibility index (Phi) is 21.7. The van der Waals surface area contributed by atoms with Gasteiger partial charge in [0.15, 0.2) is 0 Å². The molecular formula is C64H83ClN10O8. The van der Waals surface area contributed by atoms with E-state index in [1.165, 1.54) is 16.7 Å². The highest BCUT2D eigenvalue weighted by Crippen LogP contribution is 2.30. The van der Waals surface area contributed by atoms with Gasteiger partial charge in [0.1, 0.15) is 34.3 Å². The molecule has 2 aromatic heterocycles. The second kappa shape index (κ2) is 28.0. The summed E-state index contributed by atoms with van der Waals surface area (Å²) in [5.41, 5.74) is 8.58. The fourth-order valence-corrected chi connectivity index (χ4v) is 8.99. The number of hydrogen-bond donors (Lipinski definition) is 2. The van der Waals surface area contributed by atoms with Crippen molar-refractivity contribution in [1.82, 2.24) is 29.7 Å². The van der Waals surface area contributed by atoms with Gasteiger partial charge >= 0.3 is 12.2 Å². The van der Waals surface area contributed by atoms with Crippen LogP contribution in [0, 0.1) is 0 Å². The highest BCUT2D eigenvalue weighted by Gasteiger charge is 2.34. The minimum atomic E-state index is -0.648. The Morgan fingerprint density at radius 2 is 1.00 bits per heavy atom. The van der Waals surface area contributed by atoms with Crippen molar-refractivity contribution in [2.24, 2.45) is 5.73 Å². The van der Waals surface area contributed by atoms with Gasteiger partial charge in [-0.2, -0.15) is 4.98 Å². The summed E-state index contributed by atoms with van der Waals surface area (Å²) < 4.78 is 22.5. The van der Waals surface area contributed by atoms with Crippen molar-refractivity contribution in [1.29, 1.82) is 0 Å². The second-order valence-corrected chi connectivity index (χ2v) is 24.6. The second-order valence-electron chi connectivity index (χ2n) is 24.3. The van der Waals surface area contributed by atoms with E-state index in [1.807, 2.05) is 182 Å². The van der Waals surface area contributed by atoms with Crippen LogP contribution in [0.15, 0.2) is 122 Å². The van der Waals surface area contributed by atoms with Crippen molar-refractivity contribution in [3.63, 3.8) is 0 Å². The van der Waals surface area contributed by atoms with Gasteiger partial charge in [-0.1, -0.05) is 60.7 Å². The average Bonchev–Trinajstić information content (AvgIpc) is 4.30. The van der Waals surface area contributed by atoms with E-state index in [0.717, 1.165) is 41.0 Å². The summed E-state index contributed by atoms with van der Waals surface area (Å²) in [5, 5.41) is 3.37. The Balaban J connectivity index is 0.000000235. The first-order valence-electron chi connectivity index (χ1n) is 28.1. The normalized spacial score (nSPS) is 13.3. The quantitative estimate of drug-likeness (QED) is 0.0973. The van der Waals surface area contributed by atoms with E-state index in [-0.39, 0.29) is 55.4 Å². The van der Waals surface area contributed by atoms with Crippen LogP contribution < -0.4 is 30.3 Å². The molecule has 0 spiro atoms. The minimum Gasteiger partial charge on any atom is -0.493 e.